The molecule has 0 amide bonds. The lowest BCUT2D eigenvalue weighted by Gasteiger charge is -2.03. The number of fused-ring (bicyclic) bond motifs is 1. The topological polar surface area (TPSA) is 38.0 Å². The third-order valence-corrected chi connectivity index (χ3v) is 2.61. The highest BCUT2D eigenvalue weighted by atomic mass is 19.1. The smallest absolute Gasteiger partial charge is 0.125 e. The highest BCUT2D eigenvalue weighted by Gasteiger charge is 2.06. The molecule has 17 heavy (non-hydrogen) atoms. The van der Waals surface area contributed by atoms with Crippen molar-refractivity contribution in [3.8, 4) is 11.4 Å². The molecule has 0 fully saturated rings. The molecule has 84 valence electrons. The second-order valence-electron chi connectivity index (χ2n) is 3.78. The molecule has 2 aromatic carbocycles. The number of phenolic OH excluding ortho intramolecular Hbond substituents is 1. The van der Waals surface area contributed by atoms with Gasteiger partial charge < -0.3 is 5.11 Å². The molecule has 0 aliphatic carbocycles. The maximum atomic E-state index is 13.2. The summed E-state index contributed by atoms with van der Waals surface area (Å²) in [4.78, 5) is 0. The third-order valence-electron chi connectivity index (χ3n) is 2.61. The van der Waals surface area contributed by atoms with Gasteiger partial charge in [-0.25, -0.2) is 9.07 Å². The first-order valence-corrected chi connectivity index (χ1v) is 5.17. The zero-order chi connectivity index (χ0) is 11.8. The number of nitrogens with zero attached hydrogens (tertiary/aromatic N) is 2. The average Bonchev–Trinajstić information content (AvgIpc) is 2.71. The predicted molar refractivity (Wildman–Crippen MR) is 62.7 cm³/mol. The molecule has 0 atom stereocenters. The van der Waals surface area contributed by atoms with Crippen LogP contribution in [0.2, 0.25) is 0 Å². The molecule has 3 aromatic rings. The zero-order valence-electron chi connectivity index (χ0n) is 8.84. The standard InChI is InChI=1S/C13H9FN2O/c14-10-5-4-9-8-15-16(13(9)6-10)11-2-1-3-12(17)7-11/h1-8,17H. The summed E-state index contributed by atoms with van der Waals surface area (Å²) in [6.45, 7) is 0. The molecule has 0 aliphatic rings. The Balaban J connectivity index is 2.27. The van der Waals surface area contributed by atoms with Gasteiger partial charge in [-0.1, -0.05) is 6.07 Å². The number of hydrogen-bond acceptors (Lipinski definition) is 2. The van der Waals surface area contributed by atoms with E-state index in [9.17, 15) is 9.50 Å². The SMILES string of the molecule is Oc1cccc(-n2ncc3ccc(F)cc32)c1. The Hall–Kier alpha value is -2.36. The molecule has 0 radical (unpaired) electrons. The van der Waals surface area contributed by atoms with Crippen LogP contribution in [-0.4, -0.2) is 14.9 Å². The molecule has 3 nitrogen and oxygen atoms in total. The van der Waals surface area contributed by atoms with Crippen molar-refractivity contribution in [2.24, 2.45) is 0 Å². The van der Waals surface area contributed by atoms with Crippen molar-refractivity contribution in [1.29, 1.82) is 0 Å². The van der Waals surface area contributed by atoms with Gasteiger partial charge in [0, 0.05) is 17.5 Å². The quantitative estimate of drug-likeness (QED) is 0.695. The highest BCUT2D eigenvalue weighted by molar-refractivity contribution is 5.80. The minimum absolute atomic E-state index is 0.155. The van der Waals surface area contributed by atoms with Gasteiger partial charge in [0.2, 0.25) is 0 Å². The summed E-state index contributed by atoms with van der Waals surface area (Å²) in [7, 11) is 0. The highest BCUT2D eigenvalue weighted by Crippen LogP contribution is 2.21. The summed E-state index contributed by atoms with van der Waals surface area (Å²) in [5, 5.41) is 14.5. The van der Waals surface area contributed by atoms with E-state index in [4.69, 9.17) is 0 Å². The Kier molecular flexibility index (Phi) is 2.08. The number of rotatable bonds is 1. The molecule has 0 saturated heterocycles. The van der Waals surface area contributed by atoms with Gasteiger partial charge >= 0.3 is 0 Å². The fraction of sp³-hybridized carbons (Fsp3) is 0. The summed E-state index contributed by atoms with van der Waals surface area (Å²) in [6, 6.07) is 11.2. The van der Waals surface area contributed by atoms with Crippen LogP contribution in [0.25, 0.3) is 16.6 Å². The van der Waals surface area contributed by atoms with Crippen LogP contribution < -0.4 is 0 Å². The predicted octanol–water partition coefficient (Wildman–Crippen LogP) is 2.87. The number of phenols is 1. The van der Waals surface area contributed by atoms with Crippen molar-refractivity contribution in [2.45, 2.75) is 0 Å². The summed E-state index contributed by atoms with van der Waals surface area (Å²) in [6.07, 6.45) is 1.67. The molecule has 4 heteroatoms. The minimum Gasteiger partial charge on any atom is -0.508 e. The number of aromatic hydroxyl groups is 1. The summed E-state index contributed by atoms with van der Waals surface area (Å²) in [5.74, 6) is -0.151. The maximum absolute atomic E-state index is 13.2. The second kappa shape index (κ2) is 3.59. The third kappa shape index (κ3) is 1.63. The number of halogens is 1. The Morgan fingerprint density at radius 2 is 2.00 bits per heavy atom. The molecule has 0 bridgehead atoms. The Morgan fingerprint density at radius 1 is 1.12 bits per heavy atom. The number of benzene rings is 2. The first-order valence-electron chi connectivity index (χ1n) is 5.17. The van der Waals surface area contributed by atoms with Crippen LogP contribution in [0.1, 0.15) is 0 Å². The lowest BCUT2D eigenvalue weighted by Crippen LogP contribution is -1.95. The Labute approximate surface area is 96.7 Å². The average molecular weight is 228 g/mol. The van der Waals surface area contributed by atoms with Crippen LogP contribution in [0.3, 0.4) is 0 Å². The van der Waals surface area contributed by atoms with Crippen LogP contribution in [0.5, 0.6) is 5.75 Å². The first kappa shape index (κ1) is 9.84. The zero-order valence-corrected chi connectivity index (χ0v) is 8.84. The van der Waals surface area contributed by atoms with Gasteiger partial charge in [0.05, 0.1) is 17.4 Å². The second-order valence-corrected chi connectivity index (χ2v) is 3.78. The van der Waals surface area contributed by atoms with E-state index in [1.165, 1.54) is 12.1 Å². The molecular formula is C13H9FN2O. The van der Waals surface area contributed by atoms with Crippen LogP contribution in [0.15, 0.2) is 48.7 Å². The van der Waals surface area contributed by atoms with Crippen molar-refractivity contribution < 1.29 is 9.50 Å². The molecule has 1 heterocycles. The Bertz CT molecular complexity index is 691. The van der Waals surface area contributed by atoms with Crippen molar-refractivity contribution in [2.75, 3.05) is 0 Å². The van der Waals surface area contributed by atoms with Gasteiger partial charge in [-0.2, -0.15) is 5.10 Å². The van der Waals surface area contributed by atoms with Gasteiger partial charge in [0.25, 0.3) is 0 Å². The summed E-state index contributed by atoms with van der Waals surface area (Å²) >= 11 is 0. The van der Waals surface area contributed by atoms with Gasteiger partial charge in [0.15, 0.2) is 0 Å². The van der Waals surface area contributed by atoms with E-state index in [2.05, 4.69) is 5.10 Å². The van der Waals surface area contributed by atoms with E-state index in [-0.39, 0.29) is 11.6 Å². The minimum atomic E-state index is -0.306. The molecule has 0 unspecified atom stereocenters. The molecule has 0 saturated carbocycles. The fourth-order valence-electron chi connectivity index (χ4n) is 1.82. The van der Waals surface area contributed by atoms with E-state index in [1.54, 1.807) is 41.2 Å². The van der Waals surface area contributed by atoms with E-state index in [1.807, 2.05) is 0 Å². The lowest BCUT2D eigenvalue weighted by atomic mass is 10.2. The molecule has 1 N–H and O–H groups in total. The molecule has 1 aromatic heterocycles. The maximum Gasteiger partial charge on any atom is 0.125 e. The number of hydrogen-bond donors (Lipinski definition) is 1. The van der Waals surface area contributed by atoms with Gasteiger partial charge in [0.1, 0.15) is 11.6 Å². The van der Waals surface area contributed by atoms with E-state index in [0.29, 0.717) is 11.2 Å². The largest absolute Gasteiger partial charge is 0.508 e. The van der Waals surface area contributed by atoms with Crippen molar-refractivity contribution in [1.82, 2.24) is 9.78 Å². The van der Waals surface area contributed by atoms with Crippen LogP contribution in [-0.2, 0) is 0 Å². The van der Waals surface area contributed by atoms with Gasteiger partial charge in [-0.15, -0.1) is 0 Å². The van der Waals surface area contributed by atoms with Crippen LogP contribution in [0, 0.1) is 5.82 Å². The molecule has 3 rings (SSSR count). The molecular weight excluding hydrogens is 219 g/mol. The normalized spacial score (nSPS) is 10.9. The monoisotopic (exact) mass is 228 g/mol. The van der Waals surface area contributed by atoms with Crippen LogP contribution >= 0.6 is 0 Å². The Morgan fingerprint density at radius 3 is 2.82 bits per heavy atom. The summed E-state index contributed by atoms with van der Waals surface area (Å²) in [5.41, 5.74) is 1.38. The van der Waals surface area contributed by atoms with E-state index < -0.39 is 0 Å². The first-order chi connectivity index (χ1) is 8.24. The van der Waals surface area contributed by atoms with E-state index >= 15 is 0 Å². The van der Waals surface area contributed by atoms with Crippen molar-refractivity contribution in [3.63, 3.8) is 0 Å². The molecule has 0 spiro atoms. The number of aromatic nitrogens is 2. The van der Waals surface area contributed by atoms with Gasteiger partial charge in [-0.05, 0) is 24.3 Å². The lowest BCUT2D eigenvalue weighted by molar-refractivity contribution is 0.475. The van der Waals surface area contributed by atoms with Crippen LogP contribution in [0.4, 0.5) is 4.39 Å². The molecule has 0 aliphatic heterocycles. The van der Waals surface area contributed by atoms with Crippen molar-refractivity contribution in [3.05, 3.63) is 54.5 Å². The fourth-order valence-corrected chi connectivity index (χ4v) is 1.82. The summed E-state index contributed by atoms with van der Waals surface area (Å²) < 4.78 is 14.8. The van der Waals surface area contributed by atoms with Gasteiger partial charge in [-0.3, -0.25) is 0 Å². The van der Waals surface area contributed by atoms with E-state index in [0.717, 1.165) is 5.39 Å². The van der Waals surface area contributed by atoms with Crippen molar-refractivity contribution >= 4 is 10.9 Å².